The molecule has 2 bridgehead atoms. The third kappa shape index (κ3) is 4.51. The fourth-order valence-corrected chi connectivity index (χ4v) is 4.54. The summed E-state index contributed by atoms with van der Waals surface area (Å²) in [6.45, 7) is 3.26. The van der Waals surface area contributed by atoms with Crippen LogP contribution in [0.25, 0.3) is 0 Å². The summed E-state index contributed by atoms with van der Waals surface area (Å²) in [7, 11) is 1.86. The number of fused-ring (bicyclic) bond motifs is 2. The molecule has 3 heterocycles. The van der Waals surface area contributed by atoms with Gasteiger partial charge in [0.15, 0.2) is 5.96 Å². The van der Waals surface area contributed by atoms with Crippen LogP contribution < -0.4 is 10.6 Å². The molecule has 144 valence electrons. The third-order valence-corrected chi connectivity index (χ3v) is 5.88. The molecule has 3 saturated heterocycles. The van der Waals surface area contributed by atoms with Crippen molar-refractivity contribution in [3.63, 3.8) is 0 Å². The molecule has 3 aliphatic heterocycles. The largest absolute Gasteiger partial charge is 0.373 e. The highest BCUT2D eigenvalue weighted by Crippen LogP contribution is 2.34. The molecule has 0 aromatic heterocycles. The number of nitrogens with zero attached hydrogens (tertiary/aromatic N) is 2. The summed E-state index contributed by atoms with van der Waals surface area (Å²) in [4.78, 5) is 7.04. The lowest BCUT2D eigenvalue weighted by Gasteiger charge is -2.30. The SMILES string of the molecule is CN=C(NCC(c1ccccc1)N1CCCC1)NC1CC2CCC1O2.I. The molecule has 0 saturated carbocycles. The minimum absolute atomic E-state index is 0. The molecule has 1 aromatic rings. The first-order valence-electron chi connectivity index (χ1n) is 9.75. The van der Waals surface area contributed by atoms with Gasteiger partial charge in [-0.3, -0.25) is 9.89 Å². The van der Waals surface area contributed by atoms with E-state index in [-0.39, 0.29) is 24.0 Å². The van der Waals surface area contributed by atoms with Gasteiger partial charge in [0.05, 0.1) is 24.3 Å². The summed E-state index contributed by atoms with van der Waals surface area (Å²) in [6.07, 6.45) is 6.95. The maximum Gasteiger partial charge on any atom is 0.191 e. The van der Waals surface area contributed by atoms with Gasteiger partial charge in [0.2, 0.25) is 0 Å². The summed E-state index contributed by atoms with van der Waals surface area (Å²) >= 11 is 0. The average Bonchev–Trinajstić information content (AvgIpc) is 3.40. The molecule has 0 amide bonds. The standard InChI is InChI=1S/C20H30N4O.HI/c1-21-20(23-17-13-16-9-10-19(17)25-16)22-14-18(24-11-5-6-12-24)15-7-3-2-4-8-15;/h2-4,7-8,16-19H,5-6,9-14H2,1H3,(H2,21,22,23);1H. The zero-order chi connectivity index (χ0) is 17.1. The molecule has 0 radical (unpaired) electrons. The molecule has 1 aromatic carbocycles. The second-order valence-electron chi connectivity index (χ2n) is 7.48. The van der Waals surface area contributed by atoms with Gasteiger partial charge in [-0.25, -0.2) is 0 Å². The topological polar surface area (TPSA) is 48.9 Å². The quantitative estimate of drug-likeness (QED) is 0.395. The maximum atomic E-state index is 5.95. The van der Waals surface area contributed by atoms with Crippen molar-refractivity contribution in [3.05, 3.63) is 35.9 Å². The lowest BCUT2D eigenvalue weighted by atomic mass is 9.96. The van der Waals surface area contributed by atoms with Crippen molar-refractivity contribution in [1.29, 1.82) is 0 Å². The first kappa shape index (κ1) is 19.9. The molecule has 2 N–H and O–H groups in total. The third-order valence-electron chi connectivity index (χ3n) is 5.88. The van der Waals surface area contributed by atoms with Gasteiger partial charge in [0.25, 0.3) is 0 Å². The van der Waals surface area contributed by atoms with Crippen LogP contribution in [0.15, 0.2) is 35.3 Å². The maximum absolute atomic E-state index is 5.95. The van der Waals surface area contributed by atoms with E-state index in [0.717, 1.165) is 18.9 Å². The van der Waals surface area contributed by atoms with Gasteiger partial charge in [-0.2, -0.15) is 0 Å². The monoisotopic (exact) mass is 470 g/mol. The van der Waals surface area contributed by atoms with Crippen LogP contribution >= 0.6 is 24.0 Å². The molecule has 5 nitrogen and oxygen atoms in total. The normalized spacial score (nSPS) is 29.4. The lowest BCUT2D eigenvalue weighted by molar-refractivity contribution is 0.0992. The summed E-state index contributed by atoms with van der Waals surface area (Å²) in [5.41, 5.74) is 1.38. The van der Waals surface area contributed by atoms with E-state index in [0.29, 0.717) is 24.3 Å². The van der Waals surface area contributed by atoms with Crippen molar-refractivity contribution in [2.75, 3.05) is 26.7 Å². The second kappa shape index (κ2) is 9.37. The van der Waals surface area contributed by atoms with Crippen molar-refractivity contribution in [2.24, 2.45) is 4.99 Å². The van der Waals surface area contributed by atoms with Crippen molar-refractivity contribution >= 4 is 29.9 Å². The number of likely N-dealkylation sites (tertiary alicyclic amines) is 1. The van der Waals surface area contributed by atoms with Crippen LogP contribution in [-0.4, -0.2) is 55.8 Å². The summed E-state index contributed by atoms with van der Waals surface area (Å²) < 4.78 is 5.95. The Kier molecular flexibility index (Phi) is 7.17. The number of aliphatic imine (C=N–C) groups is 1. The van der Waals surface area contributed by atoms with E-state index in [1.54, 1.807) is 0 Å². The van der Waals surface area contributed by atoms with Crippen LogP contribution in [0.1, 0.15) is 43.7 Å². The molecule has 0 aliphatic carbocycles. The number of halogens is 1. The number of nitrogens with one attached hydrogen (secondary N) is 2. The van der Waals surface area contributed by atoms with Crippen molar-refractivity contribution in [1.82, 2.24) is 15.5 Å². The van der Waals surface area contributed by atoms with E-state index in [9.17, 15) is 0 Å². The Morgan fingerprint density at radius 3 is 2.62 bits per heavy atom. The Bertz CT molecular complexity index is 591. The van der Waals surface area contributed by atoms with E-state index in [1.807, 2.05) is 7.05 Å². The molecular formula is C20H31IN4O. The Morgan fingerprint density at radius 2 is 2.00 bits per heavy atom. The van der Waals surface area contributed by atoms with Gasteiger partial charge in [0.1, 0.15) is 0 Å². The van der Waals surface area contributed by atoms with Gasteiger partial charge in [-0.1, -0.05) is 30.3 Å². The minimum Gasteiger partial charge on any atom is -0.373 e. The van der Waals surface area contributed by atoms with Crippen LogP contribution in [0.5, 0.6) is 0 Å². The molecule has 3 fully saturated rings. The van der Waals surface area contributed by atoms with Gasteiger partial charge < -0.3 is 15.4 Å². The highest BCUT2D eigenvalue weighted by atomic mass is 127. The van der Waals surface area contributed by atoms with Gasteiger partial charge >= 0.3 is 0 Å². The van der Waals surface area contributed by atoms with E-state index in [2.05, 4.69) is 50.9 Å². The van der Waals surface area contributed by atoms with Crippen LogP contribution in [0.3, 0.4) is 0 Å². The summed E-state index contributed by atoms with van der Waals surface area (Å²) in [5.74, 6) is 0.904. The van der Waals surface area contributed by atoms with Crippen LogP contribution in [-0.2, 0) is 4.74 Å². The van der Waals surface area contributed by atoms with Crippen LogP contribution in [0.2, 0.25) is 0 Å². The van der Waals surface area contributed by atoms with E-state index >= 15 is 0 Å². The lowest BCUT2D eigenvalue weighted by Crippen LogP contribution is -2.49. The molecule has 4 rings (SSSR count). The zero-order valence-electron chi connectivity index (χ0n) is 15.6. The number of hydrogen-bond donors (Lipinski definition) is 2. The molecule has 4 unspecified atom stereocenters. The molecular weight excluding hydrogens is 439 g/mol. The summed E-state index contributed by atoms with van der Waals surface area (Å²) in [5, 5.41) is 7.16. The van der Waals surface area contributed by atoms with Crippen molar-refractivity contribution in [3.8, 4) is 0 Å². The number of guanidine groups is 1. The first-order chi connectivity index (χ1) is 12.3. The molecule has 6 heteroatoms. The van der Waals surface area contributed by atoms with E-state index in [4.69, 9.17) is 4.74 Å². The fraction of sp³-hybridized carbons (Fsp3) is 0.650. The van der Waals surface area contributed by atoms with Crippen molar-refractivity contribution < 1.29 is 4.74 Å². The predicted molar refractivity (Wildman–Crippen MR) is 116 cm³/mol. The Morgan fingerprint density at radius 1 is 1.23 bits per heavy atom. The smallest absolute Gasteiger partial charge is 0.191 e. The highest BCUT2D eigenvalue weighted by molar-refractivity contribution is 14.0. The molecule has 3 aliphatic rings. The number of benzene rings is 1. The minimum atomic E-state index is 0. The average molecular weight is 470 g/mol. The van der Waals surface area contributed by atoms with E-state index in [1.165, 1.54) is 44.3 Å². The Labute approximate surface area is 174 Å². The Hall–Kier alpha value is -0.860. The van der Waals surface area contributed by atoms with Crippen molar-refractivity contribution in [2.45, 2.75) is 56.4 Å². The summed E-state index contributed by atoms with van der Waals surface area (Å²) in [6, 6.07) is 11.7. The van der Waals surface area contributed by atoms with Gasteiger partial charge in [-0.15, -0.1) is 24.0 Å². The van der Waals surface area contributed by atoms with Gasteiger partial charge in [0, 0.05) is 13.6 Å². The van der Waals surface area contributed by atoms with Crippen LogP contribution in [0.4, 0.5) is 0 Å². The zero-order valence-corrected chi connectivity index (χ0v) is 17.9. The van der Waals surface area contributed by atoms with Crippen LogP contribution in [0, 0.1) is 0 Å². The Balaban J connectivity index is 0.00000196. The molecule has 0 spiro atoms. The number of rotatable bonds is 5. The first-order valence-corrected chi connectivity index (χ1v) is 9.75. The number of hydrogen-bond acceptors (Lipinski definition) is 3. The second-order valence-corrected chi connectivity index (χ2v) is 7.48. The predicted octanol–water partition coefficient (Wildman–Crippen LogP) is 2.93. The van der Waals surface area contributed by atoms with Gasteiger partial charge in [-0.05, 0) is 50.8 Å². The fourth-order valence-electron chi connectivity index (χ4n) is 4.54. The molecule has 26 heavy (non-hydrogen) atoms. The van der Waals surface area contributed by atoms with E-state index < -0.39 is 0 Å². The number of ether oxygens (including phenoxy) is 1. The highest BCUT2D eigenvalue weighted by Gasteiger charge is 2.41. The molecule has 4 atom stereocenters.